The van der Waals surface area contributed by atoms with Crippen molar-refractivity contribution >= 4 is 29.7 Å². The van der Waals surface area contributed by atoms with Gasteiger partial charge in [0.15, 0.2) is 18.1 Å². The van der Waals surface area contributed by atoms with Crippen molar-refractivity contribution in [2.24, 2.45) is 5.10 Å². The van der Waals surface area contributed by atoms with Gasteiger partial charge < -0.3 is 14.2 Å². The monoisotopic (exact) mass is 452 g/mol. The van der Waals surface area contributed by atoms with Crippen LogP contribution in [0.3, 0.4) is 0 Å². The molecule has 0 heterocycles. The number of aryl methyl sites for hydroxylation is 1. The molecule has 164 valence electrons. The molecule has 1 amide bonds. The van der Waals surface area contributed by atoms with Crippen LogP contribution in [0.1, 0.15) is 21.5 Å². The van der Waals surface area contributed by atoms with E-state index in [-0.39, 0.29) is 12.4 Å². The van der Waals surface area contributed by atoms with Gasteiger partial charge in [-0.15, -0.1) is 0 Å². The van der Waals surface area contributed by atoms with Gasteiger partial charge in [-0.25, -0.2) is 10.2 Å². The predicted molar refractivity (Wildman–Crippen MR) is 122 cm³/mol. The summed E-state index contributed by atoms with van der Waals surface area (Å²) in [5, 5.41) is 4.43. The summed E-state index contributed by atoms with van der Waals surface area (Å²) in [7, 11) is 1.46. The molecule has 0 spiro atoms. The first-order valence-corrected chi connectivity index (χ1v) is 9.99. The highest BCUT2D eigenvalue weighted by Gasteiger charge is 2.13. The fourth-order valence-electron chi connectivity index (χ4n) is 2.59. The van der Waals surface area contributed by atoms with Crippen LogP contribution in [0.25, 0.3) is 0 Å². The Morgan fingerprint density at radius 3 is 2.41 bits per heavy atom. The second-order valence-corrected chi connectivity index (χ2v) is 7.14. The van der Waals surface area contributed by atoms with E-state index in [0.29, 0.717) is 27.6 Å². The molecular formula is C24H21ClN2O5. The van der Waals surface area contributed by atoms with Gasteiger partial charge in [0.25, 0.3) is 5.91 Å². The second-order valence-electron chi connectivity index (χ2n) is 6.70. The summed E-state index contributed by atoms with van der Waals surface area (Å²) in [5.74, 6) is 0.248. The SMILES string of the molecule is COc1cc(/C=N/NC(=O)COc2ccc(C)cc2)ccc1OC(=O)c1ccc(Cl)cc1. The normalized spacial score (nSPS) is 10.6. The van der Waals surface area contributed by atoms with E-state index in [1.807, 2.05) is 19.1 Å². The number of hydrazone groups is 1. The Morgan fingerprint density at radius 2 is 1.72 bits per heavy atom. The number of nitrogens with one attached hydrogen (secondary N) is 1. The molecule has 0 saturated heterocycles. The number of esters is 1. The minimum atomic E-state index is -0.540. The van der Waals surface area contributed by atoms with Crippen LogP contribution in [0.15, 0.2) is 71.8 Å². The summed E-state index contributed by atoms with van der Waals surface area (Å²) in [6, 6.07) is 18.6. The van der Waals surface area contributed by atoms with Gasteiger partial charge in [0.1, 0.15) is 5.75 Å². The molecule has 0 aliphatic carbocycles. The summed E-state index contributed by atoms with van der Waals surface area (Å²) >= 11 is 5.84. The predicted octanol–water partition coefficient (Wildman–Crippen LogP) is 4.41. The fourth-order valence-corrected chi connectivity index (χ4v) is 2.71. The quantitative estimate of drug-likeness (QED) is 0.237. The maximum Gasteiger partial charge on any atom is 0.343 e. The molecule has 3 aromatic carbocycles. The van der Waals surface area contributed by atoms with Crippen LogP contribution in [0, 0.1) is 6.92 Å². The summed E-state index contributed by atoms with van der Waals surface area (Å²) in [6.45, 7) is 1.81. The van der Waals surface area contributed by atoms with E-state index in [2.05, 4.69) is 10.5 Å². The number of carbonyl (C=O) groups is 2. The first kappa shape index (κ1) is 22.8. The lowest BCUT2D eigenvalue weighted by atomic mass is 10.2. The van der Waals surface area contributed by atoms with Crippen molar-refractivity contribution in [3.63, 3.8) is 0 Å². The Labute approximate surface area is 190 Å². The molecule has 0 unspecified atom stereocenters. The minimum Gasteiger partial charge on any atom is -0.493 e. The van der Waals surface area contributed by atoms with Gasteiger partial charge in [0, 0.05) is 5.02 Å². The largest absolute Gasteiger partial charge is 0.493 e. The number of methoxy groups -OCH3 is 1. The summed E-state index contributed by atoms with van der Waals surface area (Å²) in [5.41, 5.74) is 4.49. The van der Waals surface area contributed by atoms with Crippen LogP contribution in [-0.4, -0.2) is 31.8 Å². The van der Waals surface area contributed by atoms with E-state index >= 15 is 0 Å². The number of amides is 1. The molecule has 7 nitrogen and oxygen atoms in total. The third kappa shape index (κ3) is 6.58. The Bertz CT molecular complexity index is 1110. The first-order valence-electron chi connectivity index (χ1n) is 9.62. The lowest BCUT2D eigenvalue weighted by Crippen LogP contribution is -2.24. The number of nitrogens with zero attached hydrogens (tertiary/aromatic N) is 1. The van der Waals surface area contributed by atoms with E-state index in [1.165, 1.54) is 13.3 Å². The van der Waals surface area contributed by atoms with Crippen LogP contribution in [0.2, 0.25) is 5.02 Å². The molecule has 0 atom stereocenters. The maximum atomic E-state index is 12.3. The molecule has 0 saturated carbocycles. The maximum absolute atomic E-state index is 12.3. The smallest absolute Gasteiger partial charge is 0.343 e. The van der Waals surface area contributed by atoms with Crippen LogP contribution >= 0.6 is 11.6 Å². The number of hydrogen-bond donors (Lipinski definition) is 1. The van der Waals surface area contributed by atoms with Gasteiger partial charge in [0.05, 0.1) is 18.9 Å². The van der Waals surface area contributed by atoms with Gasteiger partial charge >= 0.3 is 5.97 Å². The van der Waals surface area contributed by atoms with Crippen LogP contribution in [0.4, 0.5) is 0 Å². The molecule has 1 N–H and O–H groups in total. The van der Waals surface area contributed by atoms with Gasteiger partial charge in [-0.05, 0) is 67.1 Å². The average Bonchev–Trinajstić information content (AvgIpc) is 2.80. The zero-order valence-corrected chi connectivity index (χ0v) is 18.3. The minimum absolute atomic E-state index is 0.163. The van der Waals surface area contributed by atoms with Crippen molar-refractivity contribution in [3.05, 3.63) is 88.4 Å². The van der Waals surface area contributed by atoms with Crippen molar-refractivity contribution in [2.45, 2.75) is 6.92 Å². The Morgan fingerprint density at radius 1 is 1.00 bits per heavy atom. The van der Waals surface area contributed by atoms with Crippen molar-refractivity contribution in [1.82, 2.24) is 5.43 Å². The number of rotatable bonds is 8. The summed E-state index contributed by atoms with van der Waals surface area (Å²) in [6.07, 6.45) is 1.44. The van der Waals surface area contributed by atoms with Crippen LogP contribution < -0.4 is 19.6 Å². The molecule has 32 heavy (non-hydrogen) atoms. The van der Waals surface area contributed by atoms with E-state index in [0.717, 1.165) is 5.56 Å². The number of carbonyl (C=O) groups excluding carboxylic acids is 2. The third-order valence-corrected chi connectivity index (χ3v) is 4.52. The topological polar surface area (TPSA) is 86.2 Å². The number of ether oxygens (including phenoxy) is 3. The fraction of sp³-hybridized carbons (Fsp3) is 0.125. The average molecular weight is 453 g/mol. The highest BCUT2D eigenvalue weighted by atomic mass is 35.5. The van der Waals surface area contributed by atoms with Crippen molar-refractivity contribution in [2.75, 3.05) is 13.7 Å². The van der Waals surface area contributed by atoms with Crippen molar-refractivity contribution in [1.29, 1.82) is 0 Å². The number of benzene rings is 3. The molecular weight excluding hydrogens is 432 g/mol. The lowest BCUT2D eigenvalue weighted by molar-refractivity contribution is -0.123. The Balaban J connectivity index is 1.55. The Hall–Kier alpha value is -3.84. The van der Waals surface area contributed by atoms with E-state index in [1.54, 1.807) is 54.6 Å². The standard InChI is InChI=1S/C24H21ClN2O5/c1-16-3-10-20(11-4-16)31-15-23(28)27-26-14-17-5-12-21(22(13-17)30-2)32-24(29)18-6-8-19(25)9-7-18/h3-14H,15H2,1-2H3,(H,27,28)/b26-14+. The molecule has 0 fully saturated rings. The Kier molecular flexibility index (Phi) is 7.83. The molecule has 3 aromatic rings. The molecule has 8 heteroatoms. The molecule has 0 aliphatic rings. The molecule has 0 aromatic heterocycles. The summed E-state index contributed by atoms with van der Waals surface area (Å²) < 4.78 is 16.1. The zero-order valence-electron chi connectivity index (χ0n) is 17.5. The van der Waals surface area contributed by atoms with Crippen LogP contribution in [-0.2, 0) is 4.79 Å². The van der Waals surface area contributed by atoms with Crippen molar-refractivity contribution in [3.8, 4) is 17.2 Å². The van der Waals surface area contributed by atoms with Gasteiger partial charge in [0.2, 0.25) is 0 Å². The molecule has 0 bridgehead atoms. The first-order chi connectivity index (χ1) is 15.4. The highest BCUT2D eigenvalue weighted by molar-refractivity contribution is 6.30. The van der Waals surface area contributed by atoms with E-state index < -0.39 is 11.9 Å². The van der Waals surface area contributed by atoms with Gasteiger partial charge in [-0.3, -0.25) is 4.79 Å². The summed E-state index contributed by atoms with van der Waals surface area (Å²) in [4.78, 5) is 24.2. The third-order valence-electron chi connectivity index (χ3n) is 4.26. The van der Waals surface area contributed by atoms with Crippen LogP contribution in [0.5, 0.6) is 17.2 Å². The van der Waals surface area contributed by atoms with E-state index in [9.17, 15) is 9.59 Å². The molecule has 0 radical (unpaired) electrons. The lowest BCUT2D eigenvalue weighted by Gasteiger charge is -2.10. The van der Waals surface area contributed by atoms with E-state index in [4.69, 9.17) is 25.8 Å². The number of hydrogen-bond acceptors (Lipinski definition) is 6. The molecule has 0 aliphatic heterocycles. The number of halogens is 1. The molecule has 3 rings (SSSR count). The highest BCUT2D eigenvalue weighted by Crippen LogP contribution is 2.28. The van der Waals surface area contributed by atoms with Gasteiger partial charge in [-0.2, -0.15) is 5.10 Å². The van der Waals surface area contributed by atoms with Crippen molar-refractivity contribution < 1.29 is 23.8 Å². The zero-order chi connectivity index (χ0) is 22.9. The second kappa shape index (κ2) is 11.0. The van der Waals surface area contributed by atoms with Gasteiger partial charge in [-0.1, -0.05) is 29.3 Å².